The highest BCUT2D eigenvalue weighted by Crippen LogP contribution is 2.34. The Kier molecular flexibility index (Phi) is 3.49. The second-order valence-electron chi connectivity index (χ2n) is 4.31. The molecule has 1 aliphatic rings. The van der Waals surface area contributed by atoms with E-state index in [9.17, 15) is 9.18 Å². The third-order valence-corrected chi connectivity index (χ3v) is 3.56. The quantitative estimate of drug-likeness (QED) is 0.910. The molecule has 1 fully saturated rings. The number of benzene rings is 1. The molecule has 1 atom stereocenters. The molecular formula is C12H13BrFNO2. The van der Waals surface area contributed by atoms with Crippen molar-refractivity contribution in [3.63, 3.8) is 0 Å². The second-order valence-corrected chi connectivity index (χ2v) is 5.16. The number of halogens is 2. The van der Waals surface area contributed by atoms with Crippen molar-refractivity contribution in [2.75, 3.05) is 18.1 Å². The van der Waals surface area contributed by atoms with Crippen LogP contribution in [0.1, 0.15) is 12.0 Å². The lowest BCUT2D eigenvalue weighted by atomic mass is 10.1. The maximum atomic E-state index is 13.2. The summed E-state index contributed by atoms with van der Waals surface area (Å²) in [6, 6.07) is 2.75. The molecule has 1 unspecified atom stereocenters. The Labute approximate surface area is 107 Å². The average Bonchev–Trinajstić information content (AvgIpc) is 2.59. The molecule has 5 heteroatoms. The lowest BCUT2D eigenvalue weighted by Gasteiger charge is -2.20. The predicted octanol–water partition coefficient (Wildman–Crippen LogP) is 2.24. The minimum absolute atomic E-state index is 0.000101. The van der Waals surface area contributed by atoms with E-state index in [4.69, 9.17) is 5.11 Å². The molecule has 92 valence electrons. The number of aryl methyl sites for hydroxylation is 1. The van der Waals surface area contributed by atoms with Crippen LogP contribution in [0.3, 0.4) is 0 Å². The van der Waals surface area contributed by atoms with Crippen LogP contribution in [0.2, 0.25) is 0 Å². The first kappa shape index (κ1) is 12.5. The number of rotatable bonds is 2. The van der Waals surface area contributed by atoms with Gasteiger partial charge in [0.05, 0.1) is 5.69 Å². The predicted molar refractivity (Wildman–Crippen MR) is 66.4 cm³/mol. The van der Waals surface area contributed by atoms with Gasteiger partial charge in [-0.2, -0.15) is 0 Å². The number of carbonyl (C=O) groups is 1. The highest BCUT2D eigenvalue weighted by molar-refractivity contribution is 9.10. The second kappa shape index (κ2) is 4.74. The van der Waals surface area contributed by atoms with Gasteiger partial charge in [-0.3, -0.25) is 4.79 Å². The molecular weight excluding hydrogens is 289 g/mol. The molecule has 3 nitrogen and oxygen atoms in total. The standard InChI is InChI=1S/C12H13BrFNO2/c1-7-2-9(14)4-10(13)12(7)15-5-8(6-16)3-11(15)17/h2,4,8,16H,3,5-6H2,1H3. The molecule has 0 saturated carbocycles. The van der Waals surface area contributed by atoms with E-state index < -0.39 is 0 Å². The number of aliphatic hydroxyl groups excluding tert-OH is 1. The third-order valence-electron chi connectivity index (χ3n) is 2.95. The number of amides is 1. The normalized spacial score (nSPS) is 20.1. The number of nitrogens with zero attached hydrogens (tertiary/aromatic N) is 1. The maximum Gasteiger partial charge on any atom is 0.227 e. The van der Waals surface area contributed by atoms with Crippen molar-refractivity contribution < 1.29 is 14.3 Å². The summed E-state index contributed by atoms with van der Waals surface area (Å²) in [5.74, 6) is -0.387. The third kappa shape index (κ3) is 2.35. The van der Waals surface area contributed by atoms with Crippen molar-refractivity contribution in [1.82, 2.24) is 0 Å². The van der Waals surface area contributed by atoms with Crippen molar-refractivity contribution in [2.45, 2.75) is 13.3 Å². The number of hydrogen-bond acceptors (Lipinski definition) is 2. The largest absolute Gasteiger partial charge is 0.396 e. The number of aliphatic hydroxyl groups is 1. The zero-order valence-electron chi connectivity index (χ0n) is 9.41. The van der Waals surface area contributed by atoms with E-state index >= 15 is 0 Å². The molecule has 1 saturated heterocycles. The summed E-state index contributed by atoms with van der Waals surface area (Å²) in [6.07, 6.45) is 0.347. The Hall–Kier alpha value is -0.940. The molecule has 17 heavy (non-hydrogen) atoms. The van der Waals surface area contributed by atoms with Crippen LogP contribution in [0.25, 0.3) is 0 Å². The summed E-state index contributed by atoms with van der Waals surface area (Å²) in [7, 11) is 0. The lowest BCUT2D eigenvalue weighted by molar-refractivity contribution is -0.117. The minimum Gasteiger partial charge on any atom is -0.396 e. The van der Waals surface area contributed by atoms with Gasteiger partial charge in [0.1, 0.15) is 5.82 Å². The monoisotopic (exact) mass is 301 g/mol. The van der Waals surface area contributed by atoms with E-state index in [1.807, 2.05) is 0 Å². The van der Waals surface area contributed by atoms with Crippen molar-refractivity contribution >= 4 is 27.5 Å². The molecule has 1 N–H and O–H groups in total. The van der Waals surface area contributed by atoms with Crippen LogP contribution < -0.4 is 4.90 Å². The fraction of sp³-hybridized carbons (Fsp3) is 0.417. The zero-order valence-corrected chi connectivity index (χ0v) is 11.0. The van der Waals surface area contributed by atoms with Crippen LogP contribution in [-0.4, -0.2) is 24.2 Å². The molecule has 1 aromatic carbocycles. The van der Waals surface area contributed by atoms with E-state index in [1.54, 1.807) is 11.8 Å². The average molecular weight is 302 g/mol. The summed E-state index contributed by atoms with van der Waals surface area (Å²) < 4.78 is 13.7. The zero-order chi connectivity index (χ0) is 12.6. The van der Waals surface area contributed by atoms with Gasteiger partial charge in [-0.25, -0.2) is 4.39 Å². The van der Waals surface area contributed by atoms with Crippen LogP contribution in [0.15, 0.2) is 16.6 Å². The number of hydrogen-bond donors (Lipinski definition) is 1. The van der Waals surface area contributed by atoms with E-state index in [0.717, 1.165) is 0 Å². The van der Waals surface area contributed by atoms with E-state index in [-0.39, 0.29) is 24.2 Å². The van der Waals surface area contributed by atoms with Gasteiger partial charge in [0.25, 0.3) is 0 Å². The molecule has 0 aromatic heterocycles. The molecule has 0 spiro atoms. The van der Waals surface area contributed by atoms with Crippen LogP contribution in [0, 0.1) is 18.7 Å². The smallest absolute Gasteiger partial charge is 0.227 e. The summed E-state index contributed by atoms with van der Waals surface area (Å²) in [5, 5.41) is 9.08. The van der Waals surface area contributed by atoms with Crippen LogP contribution >= 0.6 is 15.9 Å². The van der Waals surface area contributed by atoms with E-state index in [0.29, 0.717) is 28.7 Å². The summed E-state index contributed by atoms with van der Waals surface area (Å²) >= 11 is 3.28. The Balaban J connectivity index is 2.38. The topological polar surface area (TPSA) is 40.5 Å². The molecule has 1 heterocycles. The van der Waals surface area contributed by atoms with Crippen molar-refractivity contribution in [3.05, 3.63) is 28.0 Å². The first-order chi connectivity index (χ1) is 8.02. The number of carbonyl (C=O) groups excluding carboxylic acids is 1. The molecule has 0 bridgehead atoms. The first-order valence-corrected chi connectivity index (χ1v) is 6.19. The van der Waals surface area contributed by atoms with Gasteiger partial charge in [-0.05, 0) is 40.5 Å². The molecule has 0 radical (unpaired) electrons. The van der Waals surface area contributed by atoms with Gasteiger partial charge in [0.15, 0.2) is 0 Å². The highest BCUT2D eigenvalue weighted by Gasteiger charge is 2.32. The Morgan fingerprint density at radius 3 is 2.82 bits per heavy atom. The van der Waals surface area contributed by atoms with Gasteiger partial charge in [0, 0.05) is 30.0 Å². The van der Waals surface area contributed by atoms with E-state index in [1.165, 1.54) is 12.1 Å². The molecule has 1 aromatic rings. The summed E-state index contributed by atoms with van der Waals surface area (Å²) in [6.45, 7) is 2.25. The maximum absolute atomic E-state index is 13.2. The highest BCUT2D eigenvalue weighted by atomic mass is 79.9. The minimum atomic E-state index is -0.330. The first-order valence-electron chi connectivity index (χ1n) is 5.39. The molecule has 0 aliphatic carbocycles. The lowest BCUT2D eigenvalue weighted by Crippen LogP contribution is -2.26. The van der Waals surface area contributed by atoms with Crippen LogP contribution in [0.5, 0.6) is 0 Å². The van der Waals surface area contributed by atoms with Crippen molar-refractivity contribution in [2.24, 2.45) is 5.92 Å². The van der Waals surface area contributed by atoms with Gasteiger partial charge < -0.3 is 10.0 Å². The summed E-state index contributed by atoms with van der Waals surface area (Å²) in [5.41, 5.74) is 1.41. The van der Waals surface area contributed by atoms with Crippen molar-refractivity contribution in [3.8, 4) is 0 Å². The fourth-order valence-corrected chi connectivity index (χ4v) is 2.90. The molecule has 1 amide bonds. The van der Waals surface area contributed by atoms with E-state index in [2.05, 4.69) is 15.9 Å². The Morgan fingerprint density at radius 2 is 2.29 bits per heavy atom. The molecule has 1 aliphatic heterocycles. The van der Waals surface area contributed by atoms with Crippen LogP contribution in [0.4, 0.5) is 10.1 Å². The van der Waals surface area contributed by atoms with Gasteiger partial charge >= 0.3 is 0 Å². The molecule has 2 rings (SSSR count). The van der Waals surface area contributed by atoms with Gasteiger partial charge in [0.2, 0.25) is 5.91 Å². The fourth-order valence-electron chi connectivity index (χ4n) is 2.16. The van der Waals surface area contributed by atoms with Crippen molar-refractivity contribution in [1.29, 1.82) is 0 Å². The Bertz CT molecular complexity index is 441. The Morgan fingerprint density at radius 1 is 1.59 bits per heavy atom. The number of anilines is 1. The van der Waals surface area contributed by atoms with Crippen LogP contribution in [-0.2, 0) is 4.79 Å². The van der Waals surface area contributed by atoms with Gasteiger partial charge in [-0.1, -0.05) is 0 Å². The summed E-state index contributed by atoms with van der Waals surface area (Å²) in [4.78, 5) is 13.4. The van der Waals surface area contributed by atoms with Gasteiger partial charge in [-0.15, -0.1) is 0 Å². The SMILES string of the molecule is Cc1cc(F)cc(Br)c1N1CC(CO)CC1=O.